The summed E-state index contributed by atoms with van der Waals surface area (Å²) < 4.78 is 5.39. The Bertz CT molecular complexity index is 591. The predicted molar refractivity (Wildman–Crippen MR) is 77.8 cm³/mol. The SMILES string of the molecule is Nc1c(CC2CCOCC2)nc2ccccc2c1N. The minimum Gasteiger partial charge on any atom is -0.396 e. The molecule has 1 fully saturated rings. The molecule has 1 aliphatic heterocycles. The van der Waals surface area contributed by atoms with Gasteiger partial charge in [0.15, 0.2) is 0 Å². The van der Waals surface area contributed by atoms with Gasteiger partial charge in [0.25, 0.3) is 0 Å². The van der Waals surface area contributed by atoms with Crippen LogP contribution in [-0.2, 0) is 11.2 Å². The van der Waals surface area contributed by atoms with Crippen molar-refractivity contribution in [3.8, 4) is 0 Å². The molecule has 2 aromatic rings. The standard InChI is InChI=1S/C15H19N3O/c16-14-11-3-1-2-4-12(11)18-13(15(14)17)9-10-5-7-19-8-6-10/h1-4,10H,5-9,17H2,(H2,16,18). The van der Waals surface area contributed by atoms with Gasteiger partial charge in [-0.2, -0.15) is 0 Å². The molecule has 3 rings (SSSR count). The van der Waals surface area contributed by atoms with Crippen LogP contribution in [0.3, 0.4) is 0 Å². The first kappa shape index (κ1) is 12.2. The zero-order chi connectivity index (χ0) is 13.2. The smallest absolute Gasteiger partial charge is 0.0773 e. The molecule has 0 aliphatic carbocycles. The Labute approximate surface area is 112 Å². The maximum absolute atomic E-state index is 6.15. The van der Waals surface area contributed by atoms with Crippen molar-refractivity contribution < 1.29 is 4.74 Å². The fraction of sp³-hybridized carbons (Fsp3) is 0.400. The molecule has 1 saturated heterocycles. The van der Waals surface area contributed by atoms with Crippen molar-refractivity contribution in [3.05, 3.63) is 30.0 Å². The number of pyridine rings is 1. The van der Waals surface area contributed by atoms with E-state index in [2.05, 4.69) is 4.98 Å². The number of anilines is 2. The summed E-state index contributed by atoms with van der Waals surface area (Å²) in [6, 6.07) is 7.88. The topological polar surface area (TPSA) is 74.2 Å². The lowest BCUT2D eigenvalue weighted by Gasteiger charge is -2.22. The van der Waals surface area contributed by atoms with Gasteiger partial charge in [-0.3, -0.25) is 4.98 Å². The third-order valence-corrected chi connectivity index (χ3v) is 3.87. The van der Waals surface area contributed by atoms with E-state index < -0.39 is 0 Å². The number of para-hydroxylation sites is 1. The number of aromatic nitrogens is 1. The average Bonchev–Trinajstić information content (AvgIpc) is 2.46. The van der Waals surface area contributed by atoms with Crippen molar-refractivity contribution in [1.82, 2.24) is 4.98 Å². The molecule has 100 valence electrons. The Balaban J connectivity index is 1.96. The van der Waals surface area contributed by atoms with Crippen LogP contribution >= 0.6 is 0 Å². The quantitative estimate of drug-likeness (QED) is 0.866. The molecule has 19 heavy (non-hydrogen) atoms. The molecule has 4 heteroatoms. The van der Waals surface area contributed by atoms with Gasteiger partial charge in [0.1, 0.15) is 0 Å². The van der Waals surface area contributed by atoms with E-state index in [1.807, 2.05) is 24.3 Å². The largest absolute Gasteiger partial charge is 0.396 e. The normalized spacial score (nSPS) is 16.8. The Hall–Kier alpha value is -1.81. The van der Waals surface area contributed by atoms with Gasteiger partial charge in [-0.05, 0) is 31.2 Å². The third kappa shape index (κ3) is 2.36. The van der Waals surface area contributed by atoms with Gasteiger partial charge in [-0.25, -0.2) is 0 Å². The lowest BCUT2D eigenvalue weighted by Crippen LogP contribution is -2.19. The number of benzene rings is 1. The van der Waals surface area contributed by atoms with Crippen LogP contribution in [0.5, 0.6) is 0 Å². The van der Waals surface area contributed by atoms with Gasteiger partial charge < -0.3 is 16.2 Å². The van der Waals surface area contributed by atoms with Gasteiger partial charge >= 0.3 is 0 Å². The first-order valence-corrected chi connectivity index (χ1v) is 6.76. The summed E-state index contributed by atoms with van der Waals surface area (Å²) in [5.74, 6) is 0.601. The summed E-state index contributed by atoms with van der Waals surface area (Å²) in [6.45, 7) is 1.68. The van der Waals surface area contributed by atoms with Gasteiger partial charge in [-0.15, -0.1) is 0 Å². The molecule has 0 unspecified atom stereocenters. The Morgan fingerprint density at radius 3 is 2.63 bits per heavy atom. The highest BCUT2D eigenvalue weighted by molar-refractivity contribution is 5.96. The second-order valence-corrected chi connectivity index (χ2v) is 5.16. The summed E-state index contributed by atoms with van der Waals surface area (Å²) in [5, 5.41) is 0.940. The predicted octanol–water partition coefficient (Wildman–Crippen LogP) is 2.37. The van der Waals surface area contributed by atoms with E-state index >= 15 is 0 Å². The molecule has 0 bridgehead atoms. The van der Waals surface area contributed by atoms with Crippen molar-refractivity contribution in [3.63, 3.8) is 0 Å². The minimum absolute atomic E-state index is 0.601. The highest BCUT2D eigenvalue weighted by Gasteiger charge is 2.18. The zero-order valence-corrected chi connectivity index (χ0v) is 10.9. The number of nitrogen functional groups attached to an aromatic ring is 2. The molecular weight excluding hydrogens is 238 g/mol. The van der Waals surface area contributed by atoms with E-state index in [4.69, 9.17) is 16.2 Å². The molecule has 4 N–H and O–H groups in total. The molecule has 1 aliphatic rings. The van der Waals surface area contributed by atoms with Crippen molar-refractivity contribution in [1.29, 1.82) is 0 Å². The van der Waals surface area contributed by atoms with Crippen LogP contribution in [0.2, 0.25) is 0 Å². The summed E-state index contributed by atoms with van der Waals surface area (Å²) in [6.07, 6.45) is 3.05. The lowest BCUT2D eigenvalue weighted by atomic mass is 9.93. The zero-order valence-electron chi connectivity index (χ0n) is 10.9. The Morgan fingerprint density at radius 1 is 1.11 bits per heavy atom. The van der Waals surface area contributed by atoms with Gasteiger partial charge in [0.2, 0.25) is 0 Å². The summed E-state index contributed by atoms with van der Waals surface area (Å²) in [7, 11) is 0. The summed E-state index contributed by atoms with van der Waals surface area (Å²) in [5.41, 5.74) is 15.4. The van der Waals surface area contributed by atoms with Crippen LogP contribution in [0, 0.1) is 5.92 Å². The number of nitrogens with two attached hydrogens (primary N) is 2. The van der Waals surface area contributed by atoms with Gasteiger partial charge in [0, 0.05) is 18.6 Å². The van der Waals surface area contributed by atoms with Crippen LogP contribution in [0.1, 0.15) is 18.5 Å². The molecule has 0 saturated carbocycles. The maximum atomic E-state index is 6.15. The number of hydrogen-bond donors (Lipinski definition) is 2. The molecule has 2 heterocycles. The number of hydrogen-bond acceptors (Lipinski definition) is 4. The molecule has 0 radical (unpaired) electrons. The average molecular weight is 257 g/mol. The van der Waals surface area contributed by atoms with Crippen LogP contribution in [-0.4, -0.2) is 18.2 Å². The molecule has 1 aromatic heterocycles. The second-order valence-electron chi connectivity index (χ2n) is 5.16. The molecule has 4 nitrogen and oxygen atoms in total. The molecule has 0 amide bonds. The number of nitrogens with zero attached hydrogens (tertiary/aromatic N) is 1. The van der Waals surface area contributed by atoms with E-state index in [0.717, 1.165) is 49.1 Å². The first-order valence-electron chi connectivity index (χ1n) is 6.76. The number of fused-ring (bicyclic) bond motifs is 1. The van der Waals surface area contributed by atoms with E-state index in [0.29, 0.717) is 17.3 Å². The third-order valence-electron chi connectivity index (χ3n) is 3.87. The highest BCUT2D eigenvalue weighted by atomic mass is 16.5. The Kier molecular flexibility index (Phi) is 3.25. The second kappa shape index (κ2) is 5.05. The molecule has 0 spiro atoms. The first-order chi connectivity index (χ1) is 9.25. The Morgan fingerprint density at radius 2 is 1.84 bits per heavy atom. The van der Waals surface area contributed by atoms with Gasteiger partial charge in [0.05, 0.1) is 22.6 Å². The fourth-order valence-corrected chi connectivity index (χ4v) is 2.68. The minimum atomic E-state index is 0.601. The summed E-state index contributed by atoms with van der Waals surface area (Å²) in [4.78, 5) is 4.68. The number of rotatable bonds is 2. The van der Waals surface area contributed by atoms with Crippen molar-refractivity contribution in [2.75, 3.05) is 24.7 Å². The van der Waals surface area contributed by atoms with Crippen LogP contribution < -0.4 is 11.5 Å². The molecule has 1 aromatic carbocycles. The van der Waals surface area contributed by atoms with Crippen molar-refractivity contribution in [2.45, 2.75) is 19.3 Å². The molecule has 0 atom stereocenters. The molecular formula is C15H19N3O. The maximum Gasteiger partial charge on any atom is 0.0773 e. The number of ether oxygens (including phenoxy) is 1. The van der Waals surface area contributed by atoms with E-state index in [1.165, 1.54) is 0 Å². The van der Waals surface area contributed by atoms with Crippen LogP contribution in [0.15, 0.2) is 24.3 Å². The van der Waals surface area contributed by atoms with E-state index in [1.54, 1.807) is 0 Å². The van der Waals surface area contributed by atoms with Crippen LogP contribution in [0.25, 0.3) is 10.9 Å². The summed E-state index contributed by atoms with van der Waals surface area (Å²) >= 11 is 0. The van der Waals surface area contributed by atoms with Crippen molar-refractivity contribution >= 4 is 22.3 Å². The van der Waals surface area contributed by atoms with Crippen LogP contribution in [0.4, 0.5) is 11.4 Å². The van der Waals surface area contributed by atoms with Crippen molar-refractivity contribution in [2.24, 2.45) is 5.92 Å². The van der Waals surface area contributed by atoms with Gasteiger partial charge in [-0.1, -0.05) is 18.2 Å². The lowest BCUT2D eigenvalue weighted by molar-refractivity contribution is 0.0663. The fourth-order valence-electron chi connectivity index (χ4n) is 2.68. The van der Waals surface area contributed by atoms with E-state index in [-0.39, 0.29) is 0 Å². The highest BCUT2D eigenvalue weighted by Crippen LogP contribution is 2.30. The monoisotopic (exact) mass is 257 g/mol. The van der Waals surface area contributed by atoms with E-state index in [9.17, 15) is 0 Å².